The fourth-order valence-electron chi connectivity index (χ4n) is 3.52. The molecule has 1 saturated heterocycles. The molecule has 1 fully saturated rings. The molecule has 3 N–H and O–H groups in total. The maximum atomic E-state index is 13.1. The summed E-state index contributed by atoms with van der Waals surface area (Å²) >= 11 is 0. The van der Waals surface area contributed by atoms with Crippen molar-refractivity contribution < 1.29 is 14.3 Å². The van der Waals surface area contributed by atoms with E-state index in [1.807, 2.05) is 11.9 Å². The summed E-state index contributed by atoms with van der Waals surface area (Å²) in [7, 11) is 1.89. The number of hydrogen-bond acceptors (Lipinski definition) is 4. The molecule has 5 nitrogen and oxygen atoms in total. The van der Waals surface area contributed by atoms with Crippen molar-refractivity contribution in [3.8, 4) is 0 Å². The Hall–Kier alpha value is -1.50. The van der Waals surface area contributed by atoms with Gasteiger partial charge < -0.3 is 15.7 Å². The van der Waals surface area contributed by atoms with Crippen molar-refractivity contribution in [1.82, 2.24) is 9.80 Å². The average molecular weight is 337 g/mol. The molecule has 6 heteroatoms. The van der Waals surface area contributed by atoms with Gasteiger partial charge in [-0.2, -0.15) is 0 Å². The Balaban J connectivity index is 1.93. The first kappa shape index (κ1) is 18.8. The van der Waals surface area contributed by atoms with E-state index in [0.29, 0.717) is 12.5 Å². The summed E-state index contributed by atoms with van der Waals surface area (Å²) in [6.45, 7) is 5.21. The number of aliphatic hydroxyl groups is 1. The molecular formula is C18H28FN3O2. The number of halogens is 1. The summed E-state index contributed by atoms with van der Waals surface area (Å²) in [4.78, 5) is 16.1. The third-order valence-electron chi connectivity index (χ3n) is 4.67. The van der Waals surface area contributed by atoms with Crippen LogP contribution in [0.15, 0.2) is 24.3 Å². The molecule has 2 unspecified atom stereocenters. The summed E-state index contributed by atoms with van der Waals surface area (Å²) in [6.07, 6.45) is 1.76. The molecular weight excluding hydrogens is 309 g/mol. The molecule has 2 rings (SSSR count). The van der Waals surface area contributed by atoms with Crippen LogP contribution in [0.25, 0.3) is 0 Å². The molecule has 0 aromatic heterocycles. The minimum atomic E-state index is -0.541. The fourth-order valence-corrected chi connectivity index (χ4v) is 3.52. The molecule has 0 radical (unpaired) electrons. The lowest BCUT2D eigenvalue weighted by atomic mass is 9.94. The number of piperidine rings is 1. The highest BCUT2D eigenvalue weighted by Crippen LogP contribution is 2.24. The molecule has 24 heavy (non-hydrogen) atoms. The quantitative estimate of drug-likeness (QED) is 0.789. The largest absolute Gasteiger partial charge is 0.392 e. The zero-order valence-electron chi connectivity index (χ0n) is 14.5. The van der Waals surface area contributed by atoms with Crippen molar-refractivity contribution >= 4 is 5.91 Å². The Morgan fingerprint density at radius 1 is 1.38 bits per heavy atom. The summed E-state index contributed by atoms with van der Waals surface area (Å²) in [5.41, 5.74) is 6.30. The van der Waals surface area contributed by atoms with Gasteiger partial charge in [0.2, 0.25) is 5.91 Å². The monoisotopic (exact) mass is 337 g/mol. The van der Waals surface area contributed by atoms with Gasteiger partial charge >= 0.3 is 0 Å². The number of hydrogen-bond donors (Lipinski definition) is 2. The second-order valence-electron chi connectivity index (χ2n) is 6.89. The maximum Gasteiger partial charge on any atom is 0.239 e. The molecule has 134 valence electrons. The molecule has 0 bridgehead atoms. The first-order valence-corrected chi connectivity index (χ1v) is 8.52. The SMILES string of the molecule is CC(O)CN1CCC(CN(C)C(C(N)=O)c2ccc(F)cc2)CC1. The van der Waals surface area contributed by atoms with Gasteiger partial charge in [0.05, 0.1) is 6.10 Å². The topological polar surface area (TPSA) is 69.8 Å². The lowest BCUT2D eigenvalue weighted by molar-refractivity contribution is -0.123. The van der Waals surface area contributed by atoms with Crippen LogP contribution in [0.5, 0.6) is 0 Å². The van der Waals surface area contributed by atoms with Crippen molar-refractivity contribution in [2.45, 2.75) is 31.9 Å². The Morgan fingerprint density at radius 3 is 2.46 bits per heavy atom. The Labute approximate surface area is 143 Å². The highest BCUT2D eigenvalue weighted by Gasteiger charge is 2.27. The summed E-state index contributed by atoms with van der Waals surface area (Å²) in [5, 5.41) is 9.47. The van der Waals surface area contributed by atoms with Crippen molar-refractivity contribution in [2.24, 2.45) is 11.7 Å². The molecule has 1 amide bonds. The van der Waals surface area contributed by atoms with E-state index in [0.717, 1.165) is 38.0 Å². The number of nitrogens with zero attached hydrogens (tertiary/aromatic N) is 2. The predicted octanol–water partition coefficient (Wildman–Crippen LogP) is 1.38. The Bertz CT molecular complexity index is 528. The second-order valence-corrected chi connectivity index (χ2v) is 6.89. The molecule has 1 aromatic rings. The van der Waals surface area contributed by atoms with E-state index in [1.165, 1.54) is 12.1 Å². The van der Waals surface area contributed by atoms with Crippen LogP contribution in [0.4, 0.5) is 4.39 Å². The Kier molecular flexibility index (Phi) is 6.71. The summed E-state index contributed by atoms with van der Waals surface area (Å²) in [6, 6.07) is 5.40. The number of rotatable bonds is 7. The minimum absolute atomic E-state index is 0.304. The lowest BCUT2D eigenvalue weighted by Gasteiger charge is -2.36. The highest BCUT2D eigenvalue weighted by atomic mass is 19.1. The van der Waals surface area contributed by atoms with Crippen LogP contribution in [0.1, 0.15) is 31.4 Å². The van der Waals surface area contributed by atoms with Crippen LogP contribution in [0.2, 0.25) is 0 Å². The summed E-state index contributed by atoms with van der Waals surface area (Å²) in [5.74, 6) is -0.256. The zero-order valence-corrected chi connectivity index (χ0v) is 14.5. The van der Waals surface area contributed by atoms with Crippen LogP contribution in [-0.4, -0.2) is 60.1 Å². The molecule has 0 aliphatic carbocycles. The van der Waals surface area contributed by atoms with Crippen LogP contribution < -0.4 is 5.73 Å². The van der Waals surface area contributed by atoms with Gasteiger partial charge in [-0.25, -0.2) is 4.39 Å². The van der Waals surface area contributed by atoms with E-state index in [1.54, 1.807) is 19.1 Å². The second kappa shape index (κ2) is 8.55. The number of likely N-dealkylation sites (N-methyl/N-ethyl adjacent to an activating group) is 1. The van der Waals surface area contributed by atoms with Gasteiger partial charge in [0.25, 0.3) is 0 Å². The molecule has 1 heterocycles. The highest BCUT2D eigenvalue weighted by molar-refractivity contribution is 5.81. The molecule has 0 saturated carbocycles. The standard InChI is InChI=1S/C18H28FN3O2/c1-13(23)11-22-9-7-14(8-10-22)12-21(2)17(18(20)24)15-3-5-16(19)6-4-15/h3-6,13-14,17,23H,7-12H2,1-2H3,(H2,20,24). The van der Waals surface area contributed by atoms with Gasteiger partial charge in [-0.1, -0.05) is 12.1 Å². The van der Waals surface area contributed by atoms with Crippen LogP contribution in [0, 0.1) is 11.7 Å². The van der Waals surface area contributed by atoms with E-state index >= 15 is 0 Å². The van der Waals surface area contributed by atoms with Crippen LogP contribution in [-0.2, 0) is 4.79 Å². The number of carbonyl (C=O) groups excluding carboxylic acids is 1. The van der Waals surface area contributed by atoms with Gasteiger partial charge in [-0.05, 0) is 63.5 Å². The van der Waals surface area contributed by atoms with Gasteiger partial charge in [0.1, 0.15) is 11.9 Å². The zero-order chi connectivity index (χ0) is 17.7. The number of amides is 1. The van der Waals surface area contributed by atoms with Crippen molar-refractivity contribution in [3.05, 3.63) is 35.6 Å². The molecule has 1 aliphatic rings. The molecule has 1 aliphatic heterocycles. The lowest BCUT2D eigenvalue weighted by Crippen LogP contribution is -2.43. The number of aliphatic hydroxyl groups excluding tert-OH is 1. The summed E-state index contributed by atoms with van der Waals surface area (Å²) < 4.78 is 13.1. The predicted molar refractivity (Wildman–Crippen MR) is 91.8 cm³/mol. The number of primary amides is 1. The fraction of sp³-hybridized carbons (Fsp3) is 0.611. The molecule has 2 atom stereocenters. The number of nitrogens with two attached hydrogens (primary N) is 1. The first-order valence-electron chi connectivity index (χ1n) is 8.52. The van der Waals surface area contributed by atoms with Crippen molar-refractivity contribution in [1.29, 1.82) is 0 Å². The van der Waals surface area contributed by atoms with Gasteiger partial charge in [0, 0.05) is 13.1 Å². The van der Waals surface area contributed by atoms with Gasteiger partial charge in [-0.15, -0.1) is 0 Å². The van der Waals surface area contributed by atoms with Crippen molar-refractivity contribution in [3.63, 3.8) is 0 Å². The minimum Gasteiger partial charge on any atom is -0.392 e. The van der Waals surface area contributed by atoms with Crippen LogP contribution in [0.3, 0.4) is 0 Å². The van der Waals surface area contributed by atoms with E-state index in [2.05, 4.69) is 4.90 Å². The molecule has 1 aromatic carbocycles. The Morgan fingerprint density at radius 2 is 1.96 bits per heavy atom. The number of likely N-dealkylation sites (tertiary alicyclic amines) is 1. The van der Waals surface area contributed by atoms with E-state index in [4.69, 9.17) is 5.73 Å². The molecule has 0 spiro atoms. The third-order valence-corrected chi connectivity index (χ3v) is 4.67. The van der Waals surface area contributed by atoms with Gasteiger partial charge in [0.15, 0.2) is 0 Å². The number of benzene rings is 1. The van der Waals surface area contributed by atoms with Crippen molar-refractivity contribution in [2.75, 3.05) is 33.2 Å². The first-order chi connectivity index (χ1) is 11.4. The third kappa shape index (κ3) is 5.26. The van der Waals surface area contributed by atoms with E-state index < -0.39 is 11.9 Å². The van der Waals surface area contributed by atoms with Gasteiger partial charge in [-0.3, -0.25) is 9.69 Å². The van der Waals surface area contributed by atoms with E-state index in [-0.39, 0.29) is 11.9 Å². The normalized spacial score (nSPS) is 19.4. The average Bonchev–Trinajstić information content (AvgIpc) is 2.50. The maximum absolute atomic E-state index is 13.1. The van der Waals surface area contributed by atoms with E-state index in [9.17, 15) is 14.3 Å². The number of β-amino-alcohol motifs (C(OH)–C–C–N with tert-alkyl or cyclic N) is 1. The smallest absolute Gasteiger partial charge is 0.239 e. The number of carbonyl (C=O) groups is 1. The van der Waals surface area contributed by atoms with Crippen LogP contribution >= 0.6 is 0 Å².